The Morgan fingerprint density at radius 2 is 1.59 bits per heavy atom. The van der Waals surface area contributed by atoms with E-state index in [0.29, 0.717) is 45.0 Å². The molecule has 0 atom stereocenters. The Labute approximate surface area is 170 Å². The van der Waals surface area contributed by atoms with Crippen molar-refractivity contribution in [1.82, 2.24) is 13.8 Å². The highest BCUT2D eigenvalue weighted by Crippen LogP contribution is 2.24. The standard InChI is InChI=1S/C20H25FN4O3S/c1-22-15-18(29(27,28)25-8-2-3-9-25)14-19(22)20(26)24-12-10-23(11-13-24)17-6-4-16(21)5-7-17/h4-7,14-15H,2-3,8-13H2,1H3. The molecule has 2 aliphatic heterocycles. The van der Waals surface area contributed by atoms with Crippen molar-refractivity contribution < 1.29 is 17.6 Å². The molecule has 2 aliphatic rings. The van der Waals surface area contributed by atoms with Gasteiger partial charge in [0.2, 0.25) is 10.0 Å². The van der Waals surface area contributed by atoms with Crippen LogP contribution in [0, 0.1) is 5.82 Å². The zero-order chi connectivity index (χ0) is 20.6. The molecule has 0 radical (unpaired) electrons. The van der Waals surface area contributed by atoms with Gasteiger partial charge in [0.05, 0.1) is 0 Å². The fraction of sp³-hybridized carbons (Fsp3) is 0.450. The molecule has 1 aromatic carbocycles. The molecule has 3 heterocycles. The lowest BCUT2D eigenvalue weighted by molar-refractivity contribution is 0.0737. The molecule has 0 N–H and O–H groups in total. The van der Waals surface area contributed by atoms with Gasteiger partial charge in [-0.2, -0.15) is 4.31 Å². The van der Waals surface area contributed by atoms with E-state index in [0.717, 1.165) is 18.5 Å². The van der Waals surface area contributed by atoms with Crippen LogP contribution < -0.4 is 4.90 Å². The monoisotopic (exact) mass is 420 g/mol. The summed E-state index contributed by atoms with van der Waals surface area (Å²) in [5.74, 6) is -0.444. The number of rotatable bonds is 4. The van der Waals surface area contributed by atoms with E-state index in [4.69, 9.17) is 0 Å². The van der Waals surface area contributed by atoms with Crippen molar-refractivity contribution in [3.8, 4) is 0 Å². The molecule has 0 unspecified atom stereocenters. The number of aryl methyl sites for hydroxylation is 1. The van der Waals surface area contributed by atoms with Crippen LogP contribution in [0.5, 0.6) is 0 Å². The summed E-state index contributed by atoms with van der Waals surface area (Å²) >= 11 is 0. The number of nitrogens with zero attached hydrogens (tertiary/aromatic N) is 4. The Morgan fingerprint density at radius 3 is 2.21 bits per heavy atom. The van der Waals surface area contributed by atoms with E-state index in [1.54, 1.807) is 28.6 Å². The number of hydrogen-bond acceptors (Lipinski definition) is 4. The fourth-order valence-corrected chi connectivity index (χ4v) is 5.54. The fourth-order valence-electron chi connectivity index (χ4n) is 3.95. The second kappa shape index (κ2) is 7.79. The quantitative estimate of drug-likeness (QED) is 0.758. The van der Waals surface area contributed by atoms with Crippen molar-refractivity contribution in [2.24, 2.45) is 7.05 Å². The van der Waals surface area contributed by atoms with E-state index in [-0.39, 0.29) is 16.6 Å². The summed E-state index contributed by atoms with van der Waals surface area (Å²) in [7, 11) is -1.85. The molecule has 1 aromatic heterocycles. The number of benzene rings is 1. The second-order valence-electron chi connectivity index (χ2n) is 7.54. The van der Waals surface area contributed by atoms with Crippen molar-refractivity contribution in [2.45, 2.75) is 17.7 Å². The van der Waals surface area contributed by atoms with E-state index in [1.807, 2.05) is 0 Å². The Morgan fingerprint density at radius 1 is 0.966 bits per heavy atom. The smallest absolute Gasteiger partial charge is 0.270 e. The van der Waals surface area contributed by atoms with E-state index in [2.05, 4.69) is 4.90 Å². The number of carbonyl (C=O) groups excluding carboxylic acids is 1. The molecule has 0 bridgehead atoms. The summed E-state index contributed by atoms with van der Waals surface area (Å²) < 4.78 is 41.7. The van der Waals surface area contributed by atoms with Crippen LogP contribution in [0.25, 0.3) is 0 Å². The summed E-state index contributed by atoms with van der Waals surface area (Å²) in [6, 6.07) is 7.82. The highest BCUT2D eigenvalue weighted by Gasteiger charge is 2.31. The Kier molecular flexibility index (Phi) is 5.35. The zero-order valence-corrected chi connectivity index (χ0v) is 17.2. The van der Waals surface area contributed by atoms with Crippen LogP contribution in [0.15, 0.2) is 41.4 Å². The van der Waals surface area contributed by atoms with E-state index < -0.39 is 10.0 Å². The highest BCUT2D eigenvalue weighted by atomic mass is 32.2. The molecule has 0 saturated carbocycles. The van der Waals surface area contributed by atoms with Gasteiger partial charge in [0.1, 0.15) is 16.4 Å². The van der Waals surface area contributed by atoms with Crippen LogP contribution in [0.2, 0.25) is 0 Å². The predicted molar refractivity (Wildman–Crippen MR) is 108 cm³/mol. The minimum absolute atomic E-state index is 0.172. The Bertz CT molecular complexity index is 989. The molecule has 2 fully saturated rings. The summed E-state index contributed by atoms with van der Waals surface area (Å²) in [5, 5.41) is 0. The van der Waals surface area contributed by atoms with E-state index in [1.165, 1.54) is 28.7 Å². The van der Waals surface area contributed by atoms with Crippen LogP contribution in [0.1, 0.15) is 23.3 Å². The van der Waals surface area contributed by atoms with Gasteiger partial charge in [0.15, 0.2) is 0 Å². The number of sulfonamides is 1. The maximum Gasteiger partial charge on any atom is 0.270 e. The van der Waals surface area contributed by atoms with Crippen molar-refractivity contribution >= 4 is 21.6 Å². The van der Waals surface area contributed by atoms with Gasteiger partial charge in [0.25, 0.3) is 5.91 Å². The molecule has 4 rings (SSSR count). The van der Waals surface area contributed by atoms with Gasteiger partial charge in [-0.05, 0) is 43.2 Å². The molecule has 2 aromatic rings. The summed E-state index contributed by atoms with van der Waals surface area (Å²) in [6.45, 7) is 3.39. The maximum absolute atomic E-state index is 13.1. The third-order valence-electron chi connectivity index (χ3n) is 5.66. The Hall–Kier alpha value is -2.39. The number of piperazine rings is 1. The van der Waals surface area contributed by atoms with Gasteiger partial charge in [-0.25, -0.2) is 12.8 Å². The lowest BCUT2D eigenvalue weighted by atomic mass is 10.2. The SMILES string of the molecule is Cn1cc(S(=O)(=O)N2CCCC2)cc1C(=O)N1CCN(c2ccc(F)cc2)CC1. The summed E-state index contributed by atoms with van der Waals surface area (Å²) in [5.41, 5.74) is 1.30. The number of hydrogen-bond donors (Lipinski definition) is 0. The summed E-state index contributed by atoms with van der Waals surface area (Å²) in [6.07, 6.45) is 3.27. The molecule has 9 heteroatoms. The van der Waals surface area contributed by atoms with Crippen molar-refractivity contribution in [1.29, 1.82) is 0 Å². The first-order valence-corrected chi connectivity index (χ1v) is 11.3. The van der Waals surface area contributed by atoms with Crippen molar-refractivity contribution in [3.05, 3.63) is 48.0 Å². The van der Waals surface area contributed by atoms with Crippen LogP contribution >= 0.6 is 0 Å². The van der Waals surface area contributed by atoms with Crippen molar-refractivity contribution in [2.75, 3.05) is 44.2 Å². The minimum Gasteiger partial charge on any atom is -0.368 e. The first-order chi connectivity index (χ1) is 13.9. The average molecular weight is 421 g/mol. The van der Waals surface area contributed by atoms with E-state index >= 15 is 0 Å². The molecule has 0 aliphatic carbocycles. The lowest BCUT2D eigenvalue weighted by Crippen LogP contribution is -2.49. The molecular weight excluding hydrogens is 395 g/mol. The minimum atomic E-state index is -3.55. The zero-order valence-electron chi connectivity index (χ0n) is 16.4. The van der Waals surface area contributed by atoms with Crippen LogP contribution in [-0.4, -0.2) is 67.4 Å². The number of halogens is 1. The number of carbonyl (C=O) groups is 1. The molecule has 1 amide bonds. The second-order valence-corrected chi connectivity index (χ2v) is 9.48. The van der Waals surface area contributed by atoms with Gasteiger partial charge in [-0.1, -0.05) is 0 Å². The Balaban J connectivity index is 1.45. The number of amides is 1. The predicted octanol–water partition coefficient (Wildman–Crippen LogP) is 1.91. The largest absolute Gasteiger partial charge is 0.368 e. The molecule has 7 nitrogen and oxygen atoms in total. The van der Waals surface area contributed by atoms with Crippen LogP contribution in [-0.2, 0) is 17.1 Å². The average Bonchev–Trinajstić information content (AvgIpc) is 3.39. The van der Waals surface area contributed by atoms with Gasteiger partial charge in [-0.15, -0.1) is 0 Å². The van der Waals surface area contributed by atoms with Gasteiger partial charge in [0, 0.05) is 58.2 Å². The lowest BCUT2D eigenvalue weighted by Gasteiger charge is -2.36. The first-order valence-electron chi connectivity index (χ1n) is 9.82. The van der Waals surface area contributed by atoms with Crippen LogP contribution in [0.4, 0.5) is 10.1 Å². The molecule has 0 spiro atoms. The molecule has 29 heavy (non-hydrogen) atoms. The number of aromatic nitrogens is 1. The molecular formula is C20H25FN4O3S. The third-order valence-corrected chi connectivity index (χ3v) is 7.52. The molecule has 2 saturated heterocycles. The molecule has 156 valence electrons. The number of anilines is 1. The topological polar surface area (TPSA) is 65.9 Å². The van der Waals surface area contributed by atoms with Gasteiger partial charge in [-0.3, -0.25) is 4.79 Å². The normalized spacial score (nSPS) is 18.4. The maximum atomic E-state index is 13.1. The van der Waals surface area contributed by atoms with Crippen LogP contribution in [0.3, 0.4) is 0 Å². The van der Waals surface area contributed by atoms with Gasteiger partial charge >= 0.3 is 0 Å². The highest BCUT2D eigenvalue weighted by molar-refractivity contribution is 7.89. The third kappa shape index (κ3) is 3.89. The van der Waals surface area contributed by atoms with E-state index in [9.17, 15) is 17.6 Å². The first kappa shape index (κ1) is 19.9. The summed E-state index contributed by atoms with van der Waals surface area (Å²) in [4.78, 5) is 17.0. The van der Waals surface area contributed by atoms with Gasteiger partial charge < -0.3 is 14.4 Å². The van der Waals surface area contributed by atoms with Crippen molar-refractivity contribution in [3.63, 3.8) is 0 Å².